The molecule has 140 valence electrons. The van der Waals surface area contributed by atoms with Crippen LogP contribution >= 0.6 is 0 Å². The molecule has 0 aromatic carbocycles. The van der Waals surface area contributed by atoms with Crippen molar-refractivity contribution in [3.05, 3.63) is 0 Å². The molecule has 1 spiro atoms. The second-order valence-corrected chi connectivity index (χ2v) is 10.4. The molecule has 3 nitrogen and oxygen atoms in total. The summed E-state index contributed by atoms with van der Waals surface area (Å²) in [4.78, 5) is 13.3. The Balaban J connectivity index is 1.50. The molecule has 5 rings (SSSR count). The molecule has 1 aliphatic heterocycles. The van der Waals surface area contributed by atoms with Crippen molar-refractivity contribution in [3.63, 3.8) is 0 Å². The van der Waals surface area contributed by atoms with Gasteiger partial charge in [0.1, 0.15) is 5.78 Å². The maximum Gasteiger partial charge on any atom is 0.174 e. The number of Topliss-reactive ketones (excluding diaryl/α,β-unsaturated/α-hetero) is 1. The Morgan fingerprint density at radius 2 is 1.68 bits per heavy atom. The van der Waals surface area contributed by atoms with Crippen molar-refractivity contribution in [1.29, 1.82) is 0 Å². The highest BCUT2D eigenvalue weighted by Gasteiger charge is 2.68. The highest BCUT2D eigenvalue weighted by atomic mass is 16.7. The lowest BCUT2D eigenvalue weighted by Crippen LogP contribution is -2.59. The van der Waals surface area contributed by atoms with E-state index in [2.05, 4.69) is 20.8 Å². The van der Waals surface area contributed by atoms with Crippen LogP contribution in [-0.4, -0.2) is 24.8 Å². The summed E-state index contributed by atoms with van der Waals surface area (Å²) in [5.74, 6) is 2.94. The number of carbonyl (C=O) groups is 1. The summed E-state index contributed by atoms with van der Waals surface area (Å²) in [6, 6.07) is 0. The van der Waals surface area contributed by atoms with Gasteiger partial charge in [-0.15, -0.1) is 0 Å². The van der Waals surface area contributed by atoms with E-state index in [1.54, 1.807) is 0 Å². The third-order valence-electron chi connectivity index (χ3n) is 9.53. The summed E-state index contributed by atoms with van der Waals surface area (Å²) in [5.41, 5.74) is 0.422. The first-order valence-electron chi connectivity index (χ1n) is 10.7. The Kier molecular flexibility index (Phi) is 3.56. The minimum absolute atomic E-state index is 0.0332. The Labute approximate surface area is 152 Å². The molecule has 5 aliphatic rings. The third kappa shape index (κ3) is 2.03. The Morgan fingerprint density at radius 3 is 2.44 bits per heavy atom. The van der Waals surface area contributed by atoms with Crippen molar-refractivity contribution >= 4 is 5.78 Å². The maximum absolute atomic E-state index is 13.3. The largest absolute Gasteiger partial charge is 0.347 e. The van der Waals surface area contributed by atoms with Crippen LogP contribution in [0.25, 0.3) is 0 Å². The Bertz CT molecular complexity index is 580. The van der Waals surface area contributed by atoms with E-state index in [0.717, 1.165) is 38.4 Å². The Hall–Kier alpha value is -0.410. The van der Waals surface area contributed by atoms with E-state index in [0.29, 0.717) is 29.0 Å². The molecular weight excluding hydrogens is 312 g/mol. The van der Waals surface area contributed by atoms with Gasteiger partial charge in [0.15, 0.2) is 5.79 Å². The monoisotopic (exact) mass is 346 g/mol. The van der Waals surface area contributed by atoms with Gasteiger partial charge in [-0.05, 0) is 61.2 Å². The van der Waals surface area contributed by atoms with Gasteiger partial charge in [-0.1, -0.05) is 27.2 Å². The fraction of sp³-hybridized carbons (Fsp3) is 0.955. The van der Waals surface area contributed by atoms with Gasteiger partial charge in [0, 0.05) is 24.2 Å². The lowest BCUT2D eigenvalue weighted by atomic mass is 9.44. The zero-order valence-electron chi connectivity index (χ0n) is 16.2. The molecule has 2 unspecified atom stereocenters. The van der Waals surface area contributed by atoms with E-state index in [4.69, 9.17) is 9.47 Å². The number of hydrogen-bond donors (Lipinski definition) is 0. The highest BCUT2D eigenvalue weighted by molar-refractivity contribution is 5.83. The highest BCUT2D eigenvalue weighted by Crippen LogP contribution is 2.69. The van der Waals surface area contributed by atoms with Crippen LogP contribution in [0.15, 0.2) is 0 Å². The summed E-state index contributed by atoms with van der Waals surface area (Å²) >= 11 is 0. The molecule has 25 heavy (non-hydrogen) atoms. The van der Waals surface area contributed by atoms with Gasteiger partial charge in [-0.3, -0.25) is 4.79 Å². The summed E-state index contributed by atoms with van der Waals surface area (Å²) in [6.07, 6.45) is 9.25. The summed E-state index contributed by atoms with van der Waals surface area (Å²) in [5, 5.41) is 0. The number of rotatable bonds is 0. The van der Waals surface area contributed by atoms with Crippen molar-refractivity contribution in [2.24, 2.45) is 40.4 Å². The molecule has 1 saturated heterocycles. The van der Waals surface area contributed by atoms with Gasteiger partial charge in [-0.2, -0.15) is 0 Å². The van der Waals surface area contributed by atoms with E-state index >= 15 is 0 Å². The molecule has 4 saturated carbocycles. The first kappa shape index (κ1) is 16.7. The molecule has 0 radical (unpaired) electrons. The van der Waals surface area contributed by atoms with Gasteiger partial charge in [0.25, 0.3) is 0 Å². The molecule has 3 heteroatoms. The number of carbonyl (C=O) groups excluding carboxylic acids is 1. The molecule has 0 aromatic rings. The summed E-state index contributed by atoms with van der Waals surface area (Å²) in [7, 11) is 0. The normalized spacial score (nSPS) is 54.2. The predicted molar refractivity (Wildman–Crippen MR) is 95.9 cm³/mol. The first-order valence-corrected chi connectivity index (χ1v) is 10.7. The summed E-state index contributed by atoms with van der Waals surface area (Å²) < 4.78 is 12.4. The molecule has 0 bridgehead atoms. The van der Waals surface area contributed by atoms with Crippen molar-refractivity contribution in [2.75, 3.05) is 13.2 Å². The minimum Gasteiger partial charge on any atom is -0.347 e. The van der Waals surface area contributed by atoms with E-state index in [1.807, 2.05) is 0 Å². The molecule has 0 aromatic heterocycles. The van der Waals surface area contributed by atoms with Crippen LogP contribution < -0.4 is 0 Å². The van der Waals surface area contributed by atoms with E-state index in [1.165, 1.54) is 32.1 Å². The molecular formula is C22H34O3. The van der Waals surface area contributed by atoms with Crippen molar-refractivity contribution < 1.29 is 14.3 Å². The second-order valence-electron chi connectivity index (χ2n) is 10.4. The zero-order valence-corrected chi connectivity index (χ0v) is 16.2. The molecule has 0 amide bonds. The fourth-order valence-corrected chi connectivity index (χ4v) is 8.03. The van der Waals surface area contributed by atoms with Gasteiger partial charge in [0.2, 0.25) is 0 Å². The average molecular weight is 347 g/mol. The van der Waals surface area contributed by atoms with Crippen LogP contribution in [0.2, 0.25) is 0 Å². The standard InChI is InChI=1S/C22H34O3/c1-14-4-7-20(2)15(12-14)13-18(23)19-16(20)5-8-21(3)17(19)6-9-22(21)24-10-11-25-22/h14-17,19H,4-13H2,1-3H3/t14-,15?,16-,17-,19?,20-,21-/m0/s1. The molecule has 1 heterocycles. The van der Waals surface area contributed by atoms with Crippen molar-refractivity contribution in [3.8, 4) is 0 Å². The molecule has 5 fully saturated rings. The third-order valence-corrected chi connectivity index (χ3v) is 9.53. The van der Waals surface area contributed by atoms with Crippen molar-refractivity contribution in [2.45, 2.75) is 77.9 Å². The number of ketones is 1. The fourth-order valence-electron chi connectivity index (χ4n) is 8.03. The second kappa shape index (κ2) is 5.32. The maximum atomic E-state index is 13.3. The first-order chi connectivity index (χ1) is 11.9. The van der Waals surface area contributed by atoms with Gasteiger partial charge >= 0.3 is 0 Å². The number of fused-ring (bicyclic) bond motifs is 6. The van der Waals surface area contributed by atoms with Crippen LogP contribution in [0, 0.1) is 40.4 Å². The quantitative estimate of drug-likeness (QED) is 0.644. The zero-order chi connectivity index (χ0) is 17.4. The molecule has 0 N–H and O–H groups in total. The number of hydrogen-bond acceptors (Lipinski definition) is 3. The van der Waals surface area contributed by atoms with Crippen LogP contribution in [0.5, 0.6) is 0 Å². The SMILES string of the molecule is C[C@H]1CC[C@@]2(C)C(CC(=O)C3[C@@H]2CC[C@@]2(C)[C@H]3CCC23OCCO3)C1. The van der Waals surface area contributed by atoms with Crippen LogP contribution in [0.4, 0.5) is 0 Å². The van der Waals surface area contributed by atoms with E-state index in [9.17, 15) is 4.79 Å². The van der Waals surface area contributed by atoms with Crippen molar-refractivity contribution in [1.82, 2.24) is 0 Å². The van der Waals surface area contributed by atoms with Crippen LogP contribution in [0.3, 0.4) is 0 Å². The summed E-state index contributed by atoms with van der Waals surface area (Å²) in [6.45, 7) is 8.73. The Morgan fingerprint density at radius 1 is 0.960 bits per heavy atom. The van der Waals surface area contributed by atoms with Crippen LogP contribution in [0.1, 0.15) is 72.1 Å². The lowest BCUT2D eigenvalue weighted by Gasteiger charge is -2.60. The van der Waals surface area contributed by atoms with Crippen LogP contribution in [-0.2, 0) is 14.3 Å². The topological polar surface area (TPSA) is 35.5 Å². The predicted octanol–water partition coefficient (Wildman–Crippen LogP) is 4.59. The van der Waals surface area contributed by atoms with Gasteiger partial charge < -0.3 is 9.47 Å². The molecule has 7 atom stereocenters. The minimum atomic E-state index is -0.387. The van der Waals surface area contributed by atoms with Gasteiger partial charge in [0.05, 0.1) is 13.2 Å². The van der Waals surface area contributed by atoms with E-state index < -0.39 is 0 Å². The average Bonchev–Trinajstić information content (AvgIpc) is 3.17. The smallest absolute Gasteiger partial charge is 0.174 e. The molecule has 4 aliphatic carbocycles. The lowest BCUT2D eigenvalue weighted by molar-refractivity contribution is -0.245. The number of ether oxygens (including phenoxy) is 2. The van der Waals surface area contributed by atoms with Gasteiger partial charge in [-0.25, -0.2) is 0 Å². The van der Waals surface area contributed by atoms with E-state index in [-0.39, 0.29) is 17.1 Å².